The Morgan fingerprint density at radius 3 is 0.780 bits per heavy atom. The van der Waals surface area contributed by atoms with Gasteiger partial charge in [0, 0.05) is 24.3 Å². The zero-order valence-corrected chi connectivity index (χ0v) is 30.7. The summed E-state index contributed by atoms with van der Waals surface area (Å²) in [5.41, 5.74) is 0. The number of rotatable bonds is 6. The maximum atomic E-state index is 10.1. The van der Waals surface area contributed by atoms with E-state index >= 15 is 0 Å². The van der Waals surface area contributed by atoms with Crippen LogP contribution < -0.4 is 10.2 Å². The van der Waals surface area contributed by atoms with Crippen LogP contribution in [0.3, 0.4) is 0 Å². The van der Waals surface area contributed by atoms with Gasteiger partial charge < -0.3 is 82.9 Å². The number of carbonyl (C=O) groups excluding carboxylic acids is 5. The molecule has 0 spiro atoms. The minimum Gasteiger partial charge on any atom is -0.870 e. The third-order valence-corrected chi connectivity index (χ3v) is 1.68. The smallest absolute Gasteiger partial charge is 0.870 e. The van der Waals surface area contributed by atoms with E-state index in [1.165, 1.54) is 7.11 Å². The SMILES string of the molecule is C.C.C.COC(=O)/C=C/C(=O)O.COC(=O)/C=C/C(=O)[O-].COC(=O)/C=C/C(=O)[O-].O.O.O.O.[OH-].[OH-].[OH-].[OH-].[Sr+2].[Sr+2].[Sr+2]. The van der Waals surface area contributed by atoms with E-state index in [1.807, 2.05) is 0 Å². The first-order chi connectivity index (χ1) is 12.5. The van der Waals surface area contributed by atoms with Crippen molar-refractivity contribution in [2.45, 2.75) is 22.3 Å². The van der Waals surface area contributed by atoms with Crippen molar-refractivity contribution in [1.29, 1.82) is 0 Å². The Labute approximate surface area is 349 Å². The first kappa shape index (κ1) is 114. The molecule has 0 atom stereocenters. The Kier molecular flexibility index (Phi) is 232. The van der Waals surface area contributed by atoms with E-state index in [-0.39, 0.29) is 203 Å². The standard InChI is InChI=1S/3C5H6O4.3CH4.8H2O.3Sr/c3*1-9-5(8)3-2-4(6)7;;;;;;;;;;;;;;/h3*2-3H,1H3,(H,6,7);3*1H4;8*1H2;;;/q;;;;;;;;;;;;;;3*+2/p-6/b3*3-2+;;;;;;;;;;;;;;. The summed E-state index contributed by atoms with van der Waals surface area (Å²) in [6.45, 7) is 0. The van der Waals surface area contributed by atoms with Crippen LogP contribution in [0.15, 0.2) is 36.5 Å². The summed E-state index contributed by atoms with van der Waals surface area (Å²) >= 11 is 0. The molecule has 0 amide bonds. The molecule has 0 saturated heterocycles. The largest absolute Gasteiger partial charge is 2.00 e. The van der Waals surface area contributed by atoms with Gasteiger partial charge in [-0.25, -0.2) is 19.2 Å². The van der Waals surface area contributed by atoms with Crippen LogP contribution in [0.5, 0.6) is 0 Å². The molecule has 0 unspecified atom stereocenters. The van der Waals surface area contributed by atoms with Crippen molar-refractivity contribution in [3.8, 4) is 0 Å². The summed E-state index contributed by atoms with van der Waals surface area (Å²) in [7, 11) is 3.48. The number of carbonyl (C=O) groups is 6. The minimum atomic E-state index is -1.42. The number of esters is 3. The monoisotopic (exact) mass is 840 g/mol. The molecule has 0 bridgehead atoms. The molecule has 23 heteroatoms. The van der Waals surface area contributed by atoms with Crippen molar-refractivity contribution in [3.63, 3.8) is 0 Å². The molecular weight excluding hydrogens is 799 g/mol. The number of aliphatic carboxylic acids is 3. The first-order valence-electron chi connectivity index (χ1n) is 6.43. The van der Waals surface area contributed by atoms with Crippen molar-refractivity contribution in [2.75, 3.05) is 21.3 Å². The number of carboxylic acids is 3. The van der Waals surface area contributed by atoms with E-state index in [2.05, 4.69) is 14.2 Å². The summed E-state index contributed by atoms with van der Waals surface area (Å²) in [5, 5.41) is 27.2. The molecule has 41 heavy (non-hydrogen) atoms. The first-order valence-corrected chi connectivity index (χ1v) is 6.43. The molecule has 0 rings (SSSR count). The Morgan fingerprint density at radius 1 is 0.488 bits per heavy atom. The van der Waals surface area contributed by atoms with Crippen LogP contribution in [0.2, 0.25) is 0 Å². The topological polar surface area (TPSA) is 442 Å². The van der Waals surface area contributed by atoms with Crippen LogP contribution in [0.25, 0.3) is 0 Å². The quantitative estimate of drug-likeness (QED) is 0.112. The van der Waals surface area contributed by atoms with Gasteiger partial charge in [0.15, 0.2) is 0 Å². The second-order valence-corrected chi connectivity index (χ2v) is 3.55. The molecule has 0 radical (unpaired) electrons. The summed E-state index contributed by atoms with van der Waals surface area (Å²) in [6, 6.07) is 0. The van der Waals surface area contributed by atoms with Crippen molar-refractivity contribution in [3.05, 3.63) is 36.5 Å². The van der Waals surface area contributed by atoms with Gasteiger partial charge in [-0.2, -0.15) is 0 Å². The van der Waals surface area contributed by atoms with Crippen LogP contribution in [0.1, 0.15) is 22.3 Å². The van der Waals surface area contributed by atoms with Crippen molar-refractivity contribution >= 4 is 172 Å². The molecule has 0 aromatic rings. The Morgan fingerprint density at radius 2 is 0.659 bits per heavy atom. The van der Waals surface area contributed by atoms with Gasteiger partial charge in [-0.15, -0.1) is 0 Å². The third kappa shape index (κ3) is 131. The van der Waals surface area contributed by atoms with Gasteiger partial charge in [-0.3, -0.25) is 0 Å². The Bertz CT molecular complexity index is 553. The average Bonchev–Trinajstić information content (AvgIpc) is 2.62. The molecule has 13 N–H and O–H groups in total. The molecule has 0 fully saturated rings. The van der Waals surface area contributed by atoms with Gasteiger partial charge in [0.1, 0.15) is 0 Å². The normalized spacial score (nSPS) is 6.22. The van der Waals surface area contributed by atoms with Gasteiger partial charge in [-0.1, -0.05) is 22.3 Å². The fourth-order valence-electron chi connectivity index (χ4n) is 0.616. The van der Waals surface area contributed by atoms with Gasteiger partial charge in [-0.05, 0) is 12.2 Å². The van der Waals surface area contributed by atoms with Crippen molar-refractivity contribution < 1.29 is 102 Å². The minimum absolute atomic E-state index is 0. The molecule has 0 aliphatic carbocycles. The molecular formula is C18H40O20Sr3. The van der Waals surface area contributed by atoms with Gasteiger partial charge in [0.2, 0.25) is 0 Å². The number of ether oxygens (including phenoxy) is 3. The Balaban J connectivity index is -0.0000000120. The van der Waals surface area contributed by atoms with Crippen LogP contribution in [0, 0.1) is 0 Å². The molecule has 0 aromatic heterocycles. The van der Waals surface area contributed by atoms with Crippen LogP contribution >= 0.6 is 0 Å². The maximum Gasteiger partial charge on any atom is 2.00 e. The van der Waals surface area contributed by atoms with Crippen molar-refractivity contribution in [2.24, 2.45) is 0 Å². The number of hydrogen-bond acceptors (Lipinski definition) is 15. The second-order valence-electron chi connectivity index (χ2n) is 3.55. The zero-order valence-electron chi connectivity index (χ0n) is 20.3. The molecule has 0 aliphatic rings. The van der Waals surface area contributed by atoms with Crippen molar-refractivity contribution in [1.82, 2.24) is 0 Å². The number of carboxylic acid groups (broad SMARTS) is 3. The zero-order chi connectivity index (χ0) is 21.8. The van der Waals surface area contributed by atoms with E-state index < -0.39 is 35.8 Å². The van der Waals surface area contributed by atoms with Gasteiger partial charge >= 0.3 is 160 Å². The molecule has 20 nitrogen and oxygen atoms in total. The molecule has 0 heterocycles. The maximum absolute atomic E-state index is 10.1. The molecule has 238 valence electrons. The van der Waals surface area contributed by atoms with E-state index in [0.29, 0.717) is 18.2 Å². The summed E-state index contributed by atoms with van der Waals surface area (Å²) < 4.78 is 12.3. The predicted octanol–water partition coefficient (Wildman–Crippen LogP) is -6.51. The molecule has 0 saturated carbocycles. The fraction of sp³-hybridized carbons (Fsp3) is 0.333. The summed E-state index contributed by atoms with van der Waals surface area (Å²) in [6.07, 6.45) is 4.30. The molecule has 0 aliphatic heterocycles. The molecule has 0 aromatic carbocycles. The van der Waals surface area contributed by atoms with Crippen LogP contribution in [-0.2, 0) is 43.0 Å². The summed E-state index contributed by atoms with van der Waals surface area (Å²) in [4.78, 5) is 59.3. The average molecular weight is 839 g/mol. The number of methoxy groups -OCH3 is 3. The van der Waals surface area contributed by atoms with Crippen LogP contribution in [-0.4, -0.2) is 243 Å². The predicted molar refractivity (Wildman–Crippen MR) is 141 cm³/mol. The van der Waals surface area contributed by atoms with Gasteiger partial charge in [0.05, 0.1) is 33.3 Å². The fourth-order valence-corrected chi connectivity index (χ4v) is 0.616. The summed E-state index contributed by atoms with van der Waals surface area (Å²) in [5.74, 6) is -6.09. The van der Waals surface area contributed by atoms with Crippen LogP contribution in [0.4, 0.5) is 0 Å². The van der Waals surface area contributed by atoms with E-state index in [1.54, 1.807) is 0 Å². The van der Waals surface area contributed by atoms with Gasteiger partial charge in [0.25, 0.3) is 0 Å². The van der Waals surface area contributed by atoms with E-state index in [9.17, 15) is 39.0 Å². The third-order valence-electron chi connectivity index (χ3n) is 1.68. The van der Waals surface area contributed by atoms with E-state index in [4.69, 9.17) is 5.11 Å². The Hall–Kier alpha value is 0.162. The number of hydrogen-bond donors (Lipinski definition) is 1. The van der Waals surface area contributed by atoms with E-state index in [0.717, 1.165) is 32.4 Å². The second kappa shape index (κ2) is 83.5.